The Bertz CT molecular complexity index is 1240. The van der Waals surface area contributed by atoms with Gasteiger partial charge in [-0.2, -0.15) is 4.80 Å². The van der Waals surface area contributed by atoms with E-state index >= 15 is 0 Å². The van der Waals surface area contributed by atoms with Crippen molar-refractivity contribution >= 4 is 5.71 Å². The number of rotatable bonds is 10. The molecular weight excluding hydrogens is 464 g/mol. The van der Waals surface area contributed by atoms with Gasteiger partial charge in [0, 0.05) is 29.2 Å². The van der Waals surface area contributed by atoms with Gasteiger partial charge in [-0.15, -0.1) is 10.2 Å². The first-order valence-corrected chi connectivity index (χ1v) is 13.6. The molecule has 2 aliphatic heterocycles. The van der Waals surface area contributed by atoms with Crippen LogP contribution in [0.25, 0.3) is 11.4 Å². The van der Waals surface area contributed by atoms with Crippen molar-refractivity contribution in [3.05, 3.63) is 53.1 Å². The Morgan fingerprint density at radius 3 is 2.57 bits per heavy atom. The van der Waals surface area contributed by atoms with Crippen LogP contribution >= 0.6 is 0 Å². The Balaban J connectivity index is 1.44. The number of hydrogen-bond acceptors (Lipinski definition) is 7. The topological polar surface area (TPSA) is 77.7 Å². The van der Waals surface area contributed by atoms with E-state index in [9.17, 15) is 0 Å². The molecule has 8 nitrogen and oxygen atoms in total. The number of hydrogen-bond donors (Lipinski definition) is 0. The second-order valence-corrected chi connectivity index (χ2v) is 10.1. The summed E-state index contributed by atoms with van der Waals surface area (Å²) in [5.74, 6) is 2.55. The average Bonchev–Trinajstić information content (AvgIpc) is 3.40. The predicted molar refractivity (Wildman–Crippen MR) is 146 cm³/mol. The van der Waals surface area contributed by atoms with Crippen LogP contribution in [0.3, 0.4) is 0 Å². The van der Waals surface area contributed by atoms with E-state index in [4.69, 9.17) is 14.5 Å². The summed E-state index contributed by atoms with van der Waals surface area (Å²) >= 11 is 0. The van der Waals surface area contributed by atoms with Crippen molar-refractivity contribution < 1.29 is 9.47 Å². The van der Waals surface area contributed by atoms with Crippen LogP contribution in [0.5, 0.6) is 11.5 Å². The molecule has 196 valence electrons. The number of ether oxygens (including phenoxy) is 2. The van der Waals surface area contributed by atoms with E-state index in [1.165, 1.54) is 24.8 Å². The predicted octanol–water partition coefficient (Wildman–Crippen LogP) is 4.97. The first kappa shape index (κ1) is 25.4. The van der Waals surface area contributed by atoms with Crippen molar-refractivity contribution in [1.82, 2.24) is 25.1 Å². The Hall–Kier alpha value is -3.26. The molecule has 1 aromatic heterocycles. The fourth-order valence-corrected chi connectivity index (χ4v) is 5.45. The van der Waals surface area contributed by atoms with Crippen LogP contribution in [0, 0.1) is 0 Å². The Kier molecular flexibility index (Phi) is 7.84. The third-order valence-corrected chi connectivity index (χ3v) is 7.45. The number of fused-ring (bicyclic) bond motifs is 3. The number of piperidine rings is 1. The first-order chi connectivity index (χ1) is 18.1. The van der Waals surface area contributed by atoms with Crippen molar-refractivity contribution in [3.8, 4) is 22.9 Å². The van der Waals surface area contributed by atoms with Crippen LogP contribution in [0.15, 0.2) is 41.4 Å². The maximum Gasteiger partial charge on any atom is 0.204 e. The molecule has 1 saturated heterocycles. The van der Waals surface area contributed by atoms with Crippen LogP contribution in [0.2, 0.25) is 0 Å². The zero-order chi connectivity index (χ0) is 25.8. The van der Waals surface area contributed by atoms with Crippen LogP contribution in [0.1, 0.15) is 68.6 Å². The third kappa shape index (κ3) is 5.39. The monoisotopic (exact) mass is 502 g/mol. The second kappa shape index (κ2) is 11.4. The number of aryl methyl sites for hydroxylation is 1. The molecule has 1 fully saturated rings. The minimum atomic E-state index is 0.260. The van der Waals surface area contributed by atoms with Crippen molar-refractivity contribution in [2.45, 2.75) is 64.5 Å². The fraction of sp³-hybridized carbons (Fsp3) is 0.517. The standard InChI is InChI=1S/C29H38N6O2/c1-5-7-8-9-15-35-32-29(31-33-35)21-12-10-20(11-13-21)28-23-18-26(36-4)27(37-6-2)17-22(23)24-19-34(3)16-14-25(24)30-28/h10-13,17-18,24-25H,5-9,14-16,19H2,1-4H3/t24-,25-/m0/s1. The van der Waals surface area contributed by atoms with Crippen molar-refractivity contribution in [1.29, 1.82) is 0 Å². The lowest BCUT2D eigenvalue weighted by molar-refractivity contribution is 0.226. The minimum absolute atomic E-state index is 0.260. The van der Waals surface area contributed by atoms with Gasteiger partial charge >= 0.3 is 0 Å². The number of likely N-dealkylation sites (N-methyl/N-ethyl adjacent to an activating group) is 1. The van der Waals surface area contributed by atoms with Gasteiger partial charge in [-0.25, -0.2) is 0 Å². The molecule has 3 aromatic rings. The van der Waals surface area contributed by atoms with E-state index in [1.807, 2.05) is 6.92 Å². The number of unbranched alkanes of at least 4 members (excludes halogenated alkanes) is 3. The highest BCUT2D eigenvalue weighted by Gasteiger charge is 2.36. The lowest BCUT2D eigenvalue weighted by Gasteiger charge is -2.39. The maximum absolute atomic E-state index is 5.94. The maximum atomic E-state index is 5.94. The molecule has 0 amide bonds. The molecule has 2 aliphatic rings. The Morgan fingerprint density at radius 1 is 1.00 bits per heavy atom. The summed E-state index contributed by atoms with van der Waals surface area (Å²) in [6, 6.07) is 12.9. The summed E-state index contributed by atoms with van der Waals surface area (Å²) in [5.41, 5.74) is 5.48. The summed E-state index contributed by atoms with van der Waals surface area (Å²) in [6.07, 6.45) is 5.78. The van der Waals surface area contributed by atoms with Gasteiger partial charge in [0.2, 0.25) is 5.82 Å². The highest BCUT2D eigenvalue weighted by Crippen LogP contribution is 2.42. The van der Waals surface area contributed by atoms with Gasteiger partial charge < -0.3 is 14.4 Å². The number of methoxy groups -OCH3 is 1. The largest absolute Gasteiger partial charge is 0.493 e. The lowest BCUT2D eigenvalue weighted by atomic mass is 9.79. The van der Waals surface area contributed by atoms with Crippen molar-refractivity contribution in [2.24, 2.45) is 4.99 Å². The van der Waals surface area contributed by atoms with Crippen LogP contribution < -0.4 is 9.47 Å². The van der Waals surface area contributed by atoms with Crippen LogP contribution in [-0.2, 0) is 6.54 Å². The summed E-state index contributed by atoms with van der Waals surface area (Å²) in [4.78, 5) is 9.41. The highest BCUT2D eigenvalue weighted by molar-refractivity contribution is 6.15. The van der Waals surface area contributed by atoms with Gasteiger partial charge in [0.15, 0.2) is 11.5 Å². The summed E-state index contributed by atoms with van der Waals surface area (Å²) in [6.45, 7) is 7.68. The van der Waals surface area contributed by atoms with E-state index in [0.717, 1.165) is 66.4 Å². The van der Waals surface area contributed by atoms with E-state index in [1.54, 1.807) is 11.9 Å². The van der Waals surface area contributed by atoms with E-state index in [-0.39, 0.29) is 6.04 Å². The van der Waals surface area contributed by atoms with Crippen LogP contribution in [0.4, 0.5) is 0 Å². The van der Waals surface area contributed by atoms with Crippen molar-refractivity contribution in [3.63, 3.8) is 0 Å². The Morgan fingerprint density at radius 2 is 1.81 bits per heavy atom. The zero-order valence-corrected chi connectivity index (χ0v) is 22.5. The number of aliphatic imine (C=N–C) groups is 1. The van der Waals surface area contributed by atoms with Crippen molar-refractivity contribution in [2.75, 3.05) is 33.9 Å². The first-order valence-electron chi connectivity index (χ1n) is 13.6. The molecule has 5 rings (SSSR count). The van der Waals surface area contributed by atoms with Gasteiger partial charge in [-0.05, 0) is 56.3 Å². The second-order valence-electron chi connectivity index (χ2n) is 10.1. The minimum Gasteiger partial charge on any atom is -0.493 e. The summed E-state index contributed by atoms with van der Waals surface area (Å²) in [7, 11) is 3.89. The normalized spacial score (nSPS) is 19.2. The number of aromatic nitrogens is 4. The summed E-state index contributed by atoms with van der Waals surface area (Å²) < 4.78 is 11.7. The number of tetrazole rings is 1. The van der Waals surface area contributed by atoms with Crippen LogP contribution in [-0.4, -0.2) is 70.7 Å². The van der Waals surface area contributed by atoms with Gasteiger partial charge in [-0.1, -0.05) is 50.5 Å². The smallest absolute Gasteiger partial charge is 0.204 e. The highest BCUT2D eigenvalue weighted by atomic mass is 16.5. The SMILES string of the molecule is CCCCCCn1nnc(-c2ccc(C3=N[C@H]4CCN(C)C[C@H]4c4cc(OCC)c(OC)cc43)cc2)n1. The Labute approximate surface area is 219 Å². The van der Waals surface area contributed by atoms with Gasteiger partial charge in [0.1, 0.15) is 0 Å². The quantitative estimate of drug-likeness (QED) is 0.365. The number of nitrogens with zero attached hydrogens (tertiary/aromatic N) is 6. The molecule has 0 radical (unpaired) electrons. The van der Waals surface area contributed by atoms with Gasteiger partial charge in [-0.3, -0.25) is 4.99 Å². The molecule has 2 aromatic carbocycles. The van der Waals surface area contributed by atoms with E-state index in [0.29, 0.717) is 18.3 Å². The van der Waals surface area contributed by atoms with Gasteiger partial charge in [0.05, 0.1) is 32.0 Å². The number of likely N-dealkylation sites (tertiary alicyclic amines) is 1. The zero-order valence-electron chi connectivity index (χ0n) is 22.5. The van der Waals surface area contributed by atoms with Gasteiger partial charge in [0.25, 0.3) is 0 Å². The molecule has 2 atom stereocenters. The molecule has 0 saturated carbocycles. The molecule has 0 aliphatic carbocycles. The van der Waals surface area contributed by atoms with E-state index in [2.05, 4.69) is 70.7 Å². The molecule has 0 bridgehead atoms. The fourth-order valence-electron chi connectivity index (χ4n) is 5.45. The summed E-state index contributed by atoms with van der Waals surface area (Å²) in [5, 5.41) is 13.1. The molecule has 0 N–H and O–H groups in total. The third-order valence-electron chi connectivity index (χ3n) is 7.45. The molecule has 0 spiro atoms. The molecular formula is C29H38N6O2. The molecule has 0 unspecified atom stereocenters. The average molecular weight is 503 g/mol. The lowest BCUT2D eigenvalue weighted by Crippen LogP contribution is -2.41. The molecule has 8 heteroatoms. The number of benzene rings is 2. The van der Waals surface area contributed by atoms with E-state index < -0.39 is 0 Å². The molecule has 37 heavy (non-hydrogen) atoms. The molecule has 3 heterocycles.